The Morgan fingerprint density at radius 3 is 2.23 bits per heavy atom. The lowest BCUT2D eigenvalue weighted by atomic mass is 10.0. The van der Waals surface area contributed by atoms with Crippen LogP contribution in [0.25, 0.3) is 16.9 Å². The lowest BCUT2D eigenvalue weighted by Gasteiger charge is -2.14. The molecule has 0 spiro atoms. The molecule has 0 aliphatic heterocycles. The van der Waals surface area contributed by atoms with E-state index in [-0.39, 0.29) is 5.91 Å². The van der Waals surface area contributed by atoms with Gasteiger partial charge in [-0.3, -0.25) is 4.79 Å². The zero-order valence-electron chi connectivity index (χ0n) is 15.5. The number of amides is 1. The van der Waals surface area contributed by atoms with E-state index in [4.69, 9.17) is 4.74 Å². The number of aryl methyl sites for hydroxylation is 1. The Kier molecular flexibility index (Phi) is 5.03. The van der Waals surface area contributed by atoms with Crippen molar-refractivity contribution in [3.63, 3.8) is 0 Å². The van der Waals surface area contributed by atoms with Crippen LogP contribution < -0.4 is 14.6 Å². The van der Waals surface area contributed by atoms with E-state index in [9.17, 15) is 4.79 Å². The first-order chi connectivity index (χ1) is 12.5. The van der Waals surface area contributed by atoms with Gasteiger partial charge in [0, 0.05) is 43.2 Å². The Bertz CT molecular complexity index is 933. The van der Waals surface area contributed by atoms with E-state index in [1.807, 2.05) is 62.4 Å². The number of nitrogens with zero attached hydrogens (tertiary/aromatic N) is 1. The van der Waals surface area contributed by atoms with Crippen molar-refractivity contribution in [2.45, 2.75) is 20.8 Å². The zero-order valence-corrected chi connectivity index (χ0v) is 15.5. The molecule has 3 rings (SSSR count). The Morgan fingerprint density at radius 1 is 1.00 bits per heavy atom. The fourth-order valence-electron chi connectivity index (χ4n) is 3.18. The summed E-state index contributed by atoms with van der Waals surface area (Å²) in [6, 6.07) is 20.2. The van der Waals surface area contributed by atoms with Crippen molar-refractivity contribution >= 4 is 11.6 Å². The number of methoxy groups -OCH3 is 1. The smallest absolute Gasteiger partial charge is 0.223 e. The van der Waals surface area contributed by atoms with Crippen LogP contribution in [0, 0.1) is 13.8 Å². The molecule has 0 bridgehead atoms. The highest BCUT2D eigenvalue weighted by atomic mass is 16.5. The number of anilines is 1. The maximum atomic E-state index is 11.6. The number of rotatable bonds is 4. The first-order valence-electron chi connectivity index (χ1n) is 8.55. The lowest BCUT2D eigenvalue weighted by molar-refractivity contribution is -0.591. The van der Waals surface area contributed by atoms with E-state index in [1.165, 1.54) is 6.92 Å². The van der Waals surface area contributed by atoms with Crippen molar-refractivity contribution in [3.05, 3.63) is 71.9 Å². The molecule has 0 radical (unpaired) electrons. The molecule has 0 saturated carbocycles. The van der Waals surface area contributed by atoms with E-state index >= 15 is 0 Å². The molecular formula is C22H23N2O2+. The fraction of sp³-hybridized carbons (Fsp3) is 0.182. The first kappa shape index (κ1) is 17.7. The number of ether oxygens (including phenoxy) is 1. The van der Waals surface area contributed by atoms with Crippen LogP contribution in [0.4, 0.5) is 5.69 Å². The summed E-state index contributed by atoms with van der Waals surface area (Å²) in [6.45, 7) is 5.61. The number of benzene rings is 2. The number of hydrogen-bond acceptors (Lipinski definition) is 2. The summed E-state index contributed by atoms with van der Waals surface area (Å²) in [5.74, 6) is 0.744. The summed E-state index contributed by atoms with van der Waals surface area (Å²) in [5.41, 5.74) is 6.07. The Morgan fingerprint density at radius 2 is 1.65 bits per heavy atom. The van der Waals surface area contributed by atoms with Crippen molar-refractivity contribution in [2.24, 2.45) is 0 Å². The maximum absolute atomic E-state index is 11.6. The van der Waals surface area contributed by atoms with E-state index < -0.39 is 0 Å². The summed E-state index contributed by atoms with van der Waals surface area (Å²) < 4.78 is 7.48. The summed E-state index contributed by atoms with van der Waals surface area (Å²) in [5, 5.41) is 2.95. The van der Waals surface area contributed by atoms with Gasteiger partial charge in [-0.05, 0) is 31.2 Å². The molecule has 132 valence electrons. The maximum Gasteiger partial charge on any atom is 0.223 e. The van der Waals surface area contributed by atoms with Crippen LogP contribution in [0.1, 0.15) is 18.2 Å². The molecule has 3 aromatic rings. The Balaban J connectivity index is 2.28. The topological polar surface area (TPSA) is 42.2 Å². The second kappa shape index (κ2) is 7.40. The summed E-state index contributed by atoms with van der Waals surface area (Å²) in [6.07, 6.45) is 0. The van der Waals surface area contributed by atoms with E-state index in [1.54, 1.807) is 7.11 Å². The van der Waals surface area contributed by atoms with Gasteiger partial charge in [0.05, 0.1) is 12.8 Å². The SMILES string of the molecule is COc1ccc(-[n+]2c(C)cc(NC(C)=O)c(C)c2-c2ccccc2)cc1. The molecule has 4 nitrogen and oxygen atoms in total. The van der Waals surface area contributed by atoms with Gasteiger partial charge in [-0.25, -0.2) is 0 Å². The highest BCUT2D eigenvalue weighted by Crippen LogP contribution is 2.28. The molecular weight excluding hydrogens is 324 g/mol. The number of pyridine rings is 1. The molecule has 0 saturated heterocycles. The minimum Gasteiger partial charge on any atom is -0.497 e. The number of nitrogens with one attached hydrogen (secondary N) is 1. The van der Waals surface area contributed by atoms with Gasteiger partial charge in [0.2, 0.25) is 17.3 Å². The third-order valence-electron chi connectivity index (χ3n) is 4.38. The van der Waals surface area contributed by atoms with Gasteiger partial charge in [-0.15, -0.1) is 0 Å². The molecule has 2 aromatic carbocycles. The van der Waals surface area contributed by atoms with Gasteiger partial charge >= 0.3 is 0 Å². The highest BCUT2D eigenvalue weighted by Gasteiger charge is 2.25. The number of carbonyl (C=O) groups excluding carboxylic acids is 1. The van der Waals surface area contributed by atoms with Crippen LogP contribution in [0.2, 0.25) is 0 Å². The lowest BCUT2D eigenvalue weighted by Crippen LogP contribution is -2.38. The minimum atomic E-state index is -0.0753. The zero-order chi connectivity index (χ0) is 18.7. The van der Waals surface area contributed by atoms with Gasteiger partial charge in [-0.2, -0.15) is 4.57 Å². The van der Waals surface area contributed by atoms with Gasteiger partial charge in [0.15, 0.2) is 5.69 Å². The van der Waals surface area contributed by atoms with Crippen LogP contribution in [0.3, 0.4) is 0 Å². The molecule has 4 heteroatoms. The van der Waals surface area contributed by atoms with Gasteiger partial charge in [-0.1, -0.05) is 18.2 Å². The molecule has 0 fully saturated rings. The quantitative estimate of drug-likeness (QED) is 0.718. The standard InChI is InChI=1S/C22H22N2O2/c1-15-14-21(23-17(3)25)16(2)22(18-8-6-5-7-9-18)24(15)19-10-12-20(26-4)13-11-19/h5-14H,1-4H3/p+1. The molecule has 26 heavy (non-hydrogen) atoms. The molecule has 1 amide bonds. The molecule has 1 heterocycles. The van der Waals surface area contributed by atoms with Crippen LogP contribution in [0.5, 0.6) is 5.75 Å². The second-order valence-corrected chi connectivity index (χ2v) is 6.25. The van der Waals surface area contributed by atoms with Crippen molar-refractivity contribution in [1.82, 2.24) is 0 Å². The third kappa shape index (κ3) is 3.45. The molecule has 0 aliphatic rings. The van der Waals surface area contributed by atoms with Gasteiger partial charge in [0.25, 0.3) is 0 Å². The van der Waals surface area contributed by atoms with Crippen molar-refractivity contribution in [2.75, 3.05) is 12.4 Å². The molecule has 1 N–H and O–H groups in total. The summed E-state index contributed by atoms with van der Waals surface area (Å²) in [7, 11) is 1.66. The van der Waals surface area contributed by atoms with Gasteiger partial charge in [0.1, 0.15) is 5.75 Å². The highest BCUT2D eigenvalue weighted by molar-refractivity contribution is 5.90. The average Bonchev–Trinajstić information content (AvgIpc) is 2.64. The monoisotopic (exact) mass is 347 g/mol. The predicted molar refractivity (Wildman–Crippen MR) is 104 cm³/mol. The van der Waals surface area contributed by atoms with E-state index in [0.29, 0.717) is 0 Å². The largest absolute Gasteiger partial charge is 0.497 e. The normalized spacial score (nSPS) is 10.5. The van der Waals surface area contributed by atoms with Crippen molar-refractivity contribution in [3.8, 4) is 22.7 Å². The molecule has 1 aromatic heterocycles. The number of hydrogen-bond donors (Lipinski definition) is 1. The Hall–Kier alpha value is -3.14. The summed E-state index contributed by atoms with van der Waals surface area (Å²) in [4.78, 5) is 11.6. The molecule has 0 aliphatic carbocycles. The minimum absolute atomic E-state index is 0.0753. The summed E-state index contributed by atoms with van der Waals surface area (Å²) >= 11 is 0. The number of carbonyl (C=O) groups is 1. The van der Waals surface area contributed by atoms with Crippen LogP contribution >= 0.6 is 0 Å². The third-order valence-corrected chi connectivity index (χ3v) is 4.38. The average molecular weight is 347 g/mol. The van der Waals surface area contributed by atoms with Gasteiger partial charge < -0.3 is 10.1 Å². The predicted octanol–water partition coefficient (Wildman–Crippen LogP) is 4.21. The van der Waals surface area contributed by atoms with Crippen molar-refractivity contribution in [1.29, 1.82) is 0 Å². The van der Waals surface area contributed by atoms with Crippen molar-refractivity contribution < 1.29 is 14.1 Å². The second-order valence-electron chi connectivity index (χ2n) is 6.25. The molecule has 0 unspecified atom stereocenters. The van der Waals surface area contributed by atoms with E-state index in [2.05, 4.69) is 22.0 Å². The Labute approximate surface area is 154 Å². The molecule has 0 atom stereocenters. The van der Waals surface area contributed by atoms with Crippen LogP contribution in [-0.2, 0) is 4.79 Å². The van der Waals surface area contributed by atoms with Crippen LogP contribution in [0.15, 0.2) is 60.7 Å². The first-order valence-corrected chi connectivity index (χ1v) is 8.55. The van der Waals surface area contributed by atoms with Crippen LogP contribution in [-0.4, -0.2) is 13.0 Å². The van der Waals surface area contributed by atoms with E-state index in [0.717, 1.165) is 39.6 Å². The number of aromatic nitrogens is 1. The fourth-order valence-corrected chi connectivity index (χ4v) is 3.18.